The van der Waals surface area contributed by atoms with Gasteiger partial charge in [0.25, 0.3) is 0 Å². The highest BCUT2D eigenvalue weighted by molar-refractivity contribution is 7.11. The summed E-state index contributed by atoms with van der Waals surface area (Å²) < 4.78 is 0. The minimum atomic E-state index is 0.593. The summed E-state index contributed by atoms with van der Waals surface area (Å²) in [6, 6.07) is 8.72. The molecule has 0 atom stereocenters. The van der Waals surface area contributed by atoms with E-state index in [0.717, 1.165) is 13.0 Å². The second-order valence-corrected chi connectivity index (χ2v) is 6.49. The molecule has 19 heavy (non-hydrogen) atoms. The largest absolute Gasteiger partial charge is 0.385 e. The maximum Gasteiger partial charge on any atom is 0.0948 e. The van der Waals surface area contributed by atoms with Crippen LogP contribution in [0.4, 0.5) is 5.69 Å². The van der Waals surface area contributed by atoms with Gasteiger partial charge in [0.1, 0.15) is 0 Å². The van der Waals surface area contributed by atoms with Gasteiger partial charge in [-0.05, 0) is 37.5 Å². The maximum absolute atomic E-state index is 4.56. The quantitative estimate of drug-likeness (QED) is 0.866. The highest BCUT2D eigenvalue weighted by atomic mass is 32.1. The van der Waals surface area contributed by atoms with Crippen LogP contribution >= 0.6 is 11.3 Å². The third-order valence-electron chi connectivity index (χ3n) is 3.32. The van der Waals surface area contributed by atoms with Gasteiger partial charge in [-0.1, -0.05) is 26.0 Å². The van der Waals surface area contributed by atoms with Crippen molar-refractivity contribution < 1.29 is 0 Å². The van der Waals surface area contributed by atoms with Gasteiger partial charge in [0.05, 0.1) is 10.7 Å². The Morgan fingerprint density at radius 1 is 1.16 bits per heavy atom. The van der Waals surface area contributed by atoms with Crippen LogP contribution in [0.2, 0.25) is 0 Å². The summed E-state index contributed by atoms with van der Waals surface area (Å²) in [6.45, 7) is 9.58. The van der Waals surface area contributed by atoms with E-state index in [0.29, 0.717) is 5.92 Å². The number of nitrogens with zero attached hydrogens (tertiary/aromatic N) is 1. The number of hydrogen-bond acceptors (Lipinski definition) is 3. The molecule has 2 aromatic rings. The molecule has 2 nitrogen and oxygen atoms in total. The minimum absolute atomic E-state index is 0.593. The van der Waals surface area contributed by atoms with Gasteiger partial charge in [0, 0.05) is 23.5 Å². The Morgan fingerprint density at radius 3 is 2.37 bits per heavy atom. The van der Waals surface area contributed by atoms with Gasteiger partial charge >= 0.3 is 0 Å². The first-order valence-corrected chi connectivity index (χ1v) is 7.64. The van der Waals surface area contributed by atoms with Crippen molar-refractivity contribution in [1.29, 1.82) is 0 Å². The monoisotopic (exact) mass is 274 g/mol. The highest BCUT2D eigenvalue weighted by Gasteiger charge is 2.03. The van der Waals surface area contributed by atoms with Crippen molar-refractivity contribution in [3.63, 3.8) is 0 Å². The topological polar surface area (TPSA) is 24.9 Å². The van der Waals surface area contributed by atoms with Crippen molar-refractivity contribution in [2.75, 3.05) is 11.9 Å². The van der Waals surface area contributed by atoms with Crippen molar-refractivity contribution >= 4 is 17.0 Å². The van der Waals surface area contributed by atoms with Gasteiger partial charge < -0.3 is 5.32 Å². The molecule has 0 radical (unpaired) electrons. The van der Waals surface area contributed by atoms with Crippen LogP contribution in [0.25, 0.3) is 0 Å². The number of aromatic nitrogens is 1. The van der Waals surface area contributed by atoms with Crippen LogP contribution in [0.3, 0.4) is 0 Å². The van der Waals surface area contributed by atoms with Crippen LogP contribution in [0, 0.1) is 13.8 Å². The smallest absolute Gasteiger partial charge is 0.0948 e. The Morgan fingerprint density at radius 2 is 1.84 bits per heavy atom. The van der Waals surface area contributed by atoms with E-state index in [1.54, 1.807) is 11.3 Å². The first-order chi connectivity index (χ1) is 9.06. The molecule has 2 rings (SSSR count). The van der Waals surface area contributed by atoms with Crippen molar-refractivity contribution in [3.05, 3.63) is 45.4 Å². The molecule has 0 unspecified atom stereocenters. The Balaban J connectivity index is 1.85. The lowest BCUT2D eigenvalue weighted by molar-refractivity contribution is 0.866. The summed E-state index contributed by atoms with van der Waals surface area (Å²) in [5.41, 5.74) is 3.74. The zero-order valence-corrected chi connectivity index (χ0v) is 13.0. The Hall–Kier alpha value is -1.35. The van der Waals surface area contributed by atoms with Gasteiger partial charge in [-0.25, -0.2) is 4.98 Å². The average molecular weight is 274 g/mol. The second-order valence-electron chi connectivity index (χ2n) is 5.20. The van der Waals surface area contributed by atoms with Crippen LogP contribution in [-0.2, 0) is 6.42 Å². The molecule has 0 amide bonds. The van der Waals surface area contributed by atoms with E-state index in [9.17, 15) is 0 Å². The number of aryl methyl sites for hydroxylation is 2. The molecule has 1 aromatic carbocycles. The fourth-order valence-electron chi connectivity index (χ4n) is 1.95. The van der Waals surface area contributed by atoms with E-state index in [1.807, 2.05) is 0 Å². The molecule has 1 aromatic heterocycles. The molecule has 0 saturated heterocycles. The molecular formula is C16H22N2S. The van der Waals surface area contributed by atoms with Crippen LogP contribution in [0.1, 0.15) is 40.9 Å². The number of benzene rings is 1. The lowest BCUT2D eigenvalue weighted by Crippen LogP contribution is -2.04. The molecule has 0 aliphatic carbocycles. The van der Waals surface area contributed by atoms with Gasteiger partial charge in [0.2, 0.25) is 0 Å². The van der Waals surface area contributed by atoms with Gasteiger partial charge in [-0.15, -0.1) is 11.3 Å². The van der Waals surface area contributed by atoms with Crippen molar-refractivity contribution in [2.24, 2.45) is 0 Å². The van der Waals surface area contributed by atoms with Crippen molar-refractivity contribution in [1.82, 2.24) is 4.98 Å². The molecule has 0 spiro atoms. The van der Waals surface area contributed by atoms with Crippen molar-refractivity contribution in [3.8, 4) is 0 Å². The molecule has 1 heterocycles. The number of hydrogen-bond donors (Lipinski definition) is 1. The summed E-state index contributed by atoms with van der Waals surface area (Å²) >= 11 is 1.80. The third-order valence-corrected chi connectivity index (χ3v) is 4.45. The summed E-state index contributed by atoms with van der Waals surface area (Å²) in [5.74, 6) is 0.593. The lowest BCUT2D eigenvalue weighted by Gasteiger charge is -2.08. The fraction of sp³-hybridized carbons (Fsp3) is 0.438. The number of nitrogens with one attached hydrogen (secondary N) is 1. The van der Waals surface area contributed by atoms with E-state index < -0.39 is 0 Å². The second kappa shape index (κ2) is 6.20. The summed E-state index contributed by atoms with van der Waals surface area (Å²) in [6.07, 6.45) is 0.991. The third kappa shape index (κ3) is 3.80. The van der Waals surface area contributed by atoms with Crippen molar-refractivity contribution in [2.45, 2.75) is 40.0 Å². The summed E-state index contributed by atoms with van der Waals surface area (Å²) in [7, 11) is 0. The number of thiazole rings is 1. The zero-order chi connectivity index (χ0) is 13.8. The molecule has 3 heteroatoms. The zero-order valence-electron chi connectivity index (χ0n) is 12.2. The van der Waals surface area contributed by atoms with Crippen LogP contribution in [-0.4, -0.2) is 11.5 Å². The van der Waals surface area contributed by atoms with E-state index in [4.69, 9.17) is 0 Å². The minimum Gasteiger partial charge on any atom is -0.385 e. The number of anilines is 1. The fourth-order valence-corrected chi connectivity index (χ4v) is 2.88. The normalized spacial score (nSPS) is 11.0. The van der Waals surface area contributed by atoms with E-state index in [-0.39, 0.29) is 0 Å². The van der Waals surface area contributed by atoms with Gasteiger partial charge in [0.15, 0.2) is 0 Å². The summed E-state index contributed by atoms with van der Waals surface area (Å²) in [4.78, 5) is 5.89. The lowest BCUT2D eigenvalue weighted by atomic mass is 10.0. The molecule has 0 saturated carbocycles. The molecule has 0 fully saturated rings. The van der Waals surface area contributed by atoms with Crippen LogP contribution in [0.5, 0.6) is 0 Å². The number of rotatable bonds is 5. The molecule has 0 aliphatic heterocycles. The average Bonchev–Trinajstić information content (AvgIpc) is 2.69. The van der Waals surface area contributed by atoms with E-state index >= 15 is 0 Å². The van der Waals surface area contributed by atoms with Gasteiger partial charge in [-0.2, -0.15) is 0 Å². The molecule has 102 valence electrons. The van der Waals surface area contributed by atoms with Gasteiger partial charge in [-0.3, -0.25) is 0 Å². The molecule has 0 aliphatic rings. The standard InChI is InChI=1S/C16H22N2S/c1-11(2)14-5-7-15(8-6-14)17-10-9-16-18-12(3)13(4)19-16/h5-8,11,17H,9-10H2,1-4H3. The first-order valence-electron chi connectivity index (χ1n) is 6.83. The first kappa shape index (κ1) is 14.1. The molecule has 0 bridgehead atoms. The summed E-state index contributed by atoms with van der Waals surface area (Å²) in [5, 5.41) is 4.68. The highest BCUT2D eigenvalue weighted by Crippen LogP contribution is 2.18. The van der Waals surface area contributed by atoms with Crippen LogP contribution in [0.15, 0.2) is 24.3 Å². The maximum atomic E-state index is 4.56. The molecule has 1 N–H and O–H groups in total. The predicted molar refractivity (Wildman–Crippen MR) is 84.3 cm³/mol. The Bertz CT molecular complexity index is 507. The molecular weight excluding hydrogens is 252 g/mol. The van der Waals surface area contributed by atoms with E-state index in [2.05, 4.69) is 62.3 Å². The Kier molecular flexibility index (Phi) is 4.59. The Labute approximate surface area is 119 Å². The van der Waals surface area contributed by atoms with Crippen LogP contribution < -0.4 is 5.32 Å². The predicted octanol–water partition coefficient (Wildman–Crippen LogP) is 4.54. The SMILES string of the molecule is Cc1nc(CCNc2ccc(C(C)C)cc2)sc1C. The van der Waals surface area contributed by atoms with E-state index in [1.165, 1.54) is 26.8 Å².